The maximum Gasteiger partial charge on any atom is 0.233 e. The van der Waals surface area contributed by atoms with E-state index in [0.717, 1.165) is 43.9 Å². The number of amides is 1. The SMILES string of the molecule is CCCO[C@@H]1CCCN(C(=O)CSc2ccccc2)C1. The van der Waals surface area contributed by atoms with E-state index in [2.05, 4.69) is 6.92 Å². The van der Waals surface area contributed by atoms with Gasteiger partial charge in [-0.15, -0.1) is 11.8 Å². The van der Waals surface area contributed by atoms with Crippen molar-refractivity contribution in [2.24, 2.45) is 0 Å². The molecule has 1 aliphatic rings. The first-order valence-corrected chi connectivity index (χ1v) is 8.35. The van der Waals surface area contributed by atoms with Crippen molar-refractivity contribution in [3.8, 4) is 0 Å². The fraction of sp³-hybridized carbons (Fsp3) is 0.562. The third-order valence-electron chi connectivity index (χ3n) is 3.39. The summed E-state index contributed by atoms with van der Waals surface area (Å²) in [6.07, 6.45) is 3.40. The van der Waals surface area contributed by atoms with E-state index in [4.69, 9.17) is 4.74 Å². The number of piperidine rings is 1. The van der Waals surface area contributed by atoms with Gasteiger partial charge in [-0.3, -0.25) is 4.79 Å². The number of hydrogen-bond acceptors (Lipinski definition) is 3. The first kappa shape index (κ1) is 15.4. The van der Waals surface area contributed by atoms with Crippen molar-refractivity contribution in [2.75, 3.05) is 25.4 Å². The van der Waals surface area contributed by atoms with Crippen LogP contribution in [0.2, 0.25) is 0 Å². The summed E-state index contributed by atoms with van der Waals surface area (Å²) in [5.74, 6) is 0.744. The van der Waals surface area contributed by atoms with Crippen LogP contribution in [-0.4, -0.2) is 42.4 Å². The Kier molecular flexibility index (Phi) is 6.40. The summed E-state index contributed by atoms with van der Waals surface area (Å²) in [6.45, 7) is 4.54. The normalized spacial score (nSPS) is 19.1. The van der Waals surface area contributed by atoms with Crippen molar-refractivity contribution in [3.63, 3.8) is 0 Å². The smallest absolute Gasteiger partial charge is 0.233 e. The van der Waals surface area contributed by atoms with Gasteiger partial charge >= 0.3 is 0 Å². The largest absolute Gasteiger partial charge is 0.376 e. The molecule has 20 heavy (non-hydrogen) atoms. The molecule has 0 saturated carbocycles. The number of nitrogens with zero attached hydrogens (tertiary/aromatic N) is 1. The maximum atomic E-state index is 12.2. The Hall–Kier alpha value is -1.00. The average molecular weight is 293 g/mol. The second kappa shape index (κ2) is 8.32. The molecule has 1 aliphatic heterocycles. The average Bonchev–Trinajstić information content (AvgIpc) is 2.52. The summed E-state index contributed by atoms with van der Waals surface area (Å²) < 4.78 is 5.77. The number of carbonyl (C=O) groups is 1. The van der Waals surface area contributed by atoms with E-state index in [1.54, 1.807) is 11.8 Å². The molecule has 1 atom stereocenters. The minimum Gasteiger partial charge on any atom is -0.376 e. The van der Waals surface area contributed by atoms with Crippen LogP contribution in [0, 0.1) is 0 Å². The molecule has 0 aliphatic carbocycles. The van der Waals surface area contributed by atoms with E-state index >= 15 is 0 Å². The van der Waals surface area contributed by atoms with Crippen LogP contribution >= 0.6 is 11.8 Å². The topological polar surface area (TPSA) is 29.5 Å². The minimum atomic E-state index is 0.226. The lowest BCUT2D eigenvalue weighted by Crippen LogP contribution is -2.44. The van der Waals surface area contributed by atoms with Crippen molar-refractivity contribution in [1.82, 2.24) is 4.90 Å². The highest BCUT2D eigenvalue weighted by molar-refractivity contribution is 8.00. The molecular formula is C16H23NO2S. The molecule has 0 aromatic heterocycles. The summed E-state index contributed by atoms with van der Waals surface area (Å²) in [7, 11) is 0. The van der Waals surface area contributed by atoms with Crippen molar-refractivity contribution < 1.29 is 9.53 Å². The van der Waals surface area contributed by atoms with Crippen molar-refractivity contribution in [2.45, 2.75) is 37.2 Å². The van der Waals surface area contributed by atoms with Gasteiger partial charge in [0, 0.05) is 24.6 Å². The third kappa shape index (κ3) is 4.84. The van der Waals surface area contributed by atoms with Gasteiger partial charge in [0.05, 0.1) is 11.9 Å². The number of hydrogen-bond donors (Lipinski definition) is 0. The first-order chi connectivity index (χ1) is 9.79. The summed E-state index contributed by atoms with van der Waals surface area (Å²) >= 11 is 1.61. The summed E-state index contributed by atoms with van der Waals surface area (Å²) in [4.78, 5) is 15.3. The van der Waals surface area contributed by atoms with Gasteiger partial charge < -0.3 is 9.64 Å². The third-order valence-corrected chi connectivity index (χ3v) is 4.39. The van der Waals surface area contributed by atoms with Crippen molar-refractivity contribution >= 4 is 17.7 Å². The summed E-state index contributed by atoms with van der Waals surface area (Å²) in [6, 6.07) is 10.1. The number of benzene rings is 1. The van der Waals surface area contributed by atoms with E-state index in [0.29, 0.717) is 5.75 Å². The fourth-order valence-corrected chi connectivity index (χ4v) is 3.16. The zero-order valence-corrected chi connectivity index (χ0v) is 12.9. The quantitative estimate of drug-likeness (QED) is 0.754. The van der Waals surface area contributed by atoms with Crippen LogP contribution in [0.25, 0.3) is 0 Å². The van der Waals surface area contributed by atoms with E-state index in [-0.39, 0.29) is 12.0 Å². The zero-order valence-electron chi connectivity index (χ0n) is 12.1. The van der Waals surface area contributed by atoms with Crippen molar-refractivity contribution in [3.05, 3.63) is 30.3 Å². The Morgan fingerprint density at radius 2 is 2.20 bits per heavy atom. The molecule has 1 heterocycles. The molecule has 0 bridgehead atoms. The molecule has 3 nitrogen and oxygen atoms in total. The van der Waals surface area contributed by atoms with Crippen LogP contribution in [-0.2, 0) is 9.53 Å². The van der Waals surface area contributed by atoms with Gasteiger partial charge in [0.1, 0.15) is 0 Å². The van der Waals surface area contributed by atoms with E-state index in [1.165, 1.54) is 0 Å². The van der Waals surface area contributed by atoms with Crippen LogP contribution < -0.4 is 0 Å². The van der Waals surface area contributed by atoms with Gasteiger partial charge in [0.2, 0.25) is 5.91 Å². The molecule has 1 aromatic rings. The lowest BCUT2D eigenvalue weighted by Gasteiger charge is -2.32. The molecule has 1 amide bonds. The Morgan fingerprint density at radius 1 is 1.40 bits per heavy atom. The number of rotatable bonds is 6. The molecule has 2 rings (SSSR count). The zero-order chi connectivity index (χ0) is 14.2. The van der Waals surface area contributed by atoms with Crippen LogP contribution in [0.4, 0.5) is 0 Å². The highest BCUT2D eigenvalue weighted by Gasteiger charge is 2.23. The predicted molar refractivity (Wildman–Crippen MR) is 83.0 cm³/mol. The van der Waals surface area contributed by atoms with Crippen LogP contribution in [0.5, 0.6) is 0 Å². The lowest BCUT2D eigenvalue weighted by molar-refractivity contribution is -0.132. The minimum absolute atomic E-state index is 0.226. The van der Waals surface area contributed by atoms with Gasteiger partial charge in [-0.05, 0) is 31.4 Å². The monoisotopic (exact) mass is 293 g/mol. The predicted octanol–water partition coefficient (Wildman–Crippen LogP) is 3.20. The van der Waals surface area contributed by atoms with Gasteiger partial charge in [0.25, 0.3) is 0 Å². The molecule has 110 valence electrons. The number of ether oxygens (including phenoxy) is 1. The number of thioether (sulfide) groups is 1. The highest BCUT2D eigenvalue weighted by Crippen LogP contribution is 2.19. The highest BCUT2D eigenvalue weighted by atomic mass is 32.2. The molecular weight excluding hydrogens is 270 g/mol. The summed E-state index contributed by atoms with van der Waals surface area (Å²) in [5.41, 5.74) is 0. The van der Waals surface area contributed by atoms with Crippen LogP contribution in [0.15, 0.2) is 35.2 Å². The van der Waals surface area contributed by atoms with Gasteiger partial charge in [-0.25, -0.2) is 0 Å². The van der Waals surface area contributed by atoms with Crippen LogP contribution in [0.1, 0.15) is 26.2 Å². The van der Waals surface area contributed by atoms with Gasteiger partial charge in [-0.2, -0.15) is 0 Å². The van der Waals surface area contributed by atoms with E-state index in [1.807, 2.05) is 35.2 Å². The second-order valence-corrected chi connectivity index (χ2v) is 6.13. The molecule has 1 aromatic carbocycles. The Bertz CT molecular complexity index is 410. The first-order valence-electron chi connectivity index (χ1n) is 7.37. The Labute approximate surface area is 125 Å². The Morgan fingerprint density at radius 3 is 2.95 bits per heavy atom. The number of likely N-dealkylation sites (tertiary alicyclic amines) is 1. The second-order valence-electron chi connectivity index (χ2n) is 5.08. The molecule has 0 spiro atoms. The molecule has 0 N–H and O–H groups in total. The molecule has 4 heteroatoms. The molecule has 0 unspecified atom stereocenters. The molecule has 1 fully saturated rings. The van der Waals surface area contributed by atoms with E-state index < -0.39 is 0 Å². The standard InChI is InChI=1S/C16H23NO2S/c1-2-11-19-14-7-6-10-17(12-14)16(18)13-20-15-8-4-3-5-9-15/h3-5,8-9,14H,2,6-7,10-13H2,1H3/t14-/m1/s1. The molecule has 0 radical (unpaired) electrons. The van der Waals surface area contributed by atoms with Crippen LogP contribution in [0.3, 0.4) is 0 Å². The van der Waals surface area contributed by atoms with E-state index in [9.17, 15) is 4.79 Å². The Balaban J connectivity index is 1.77. The fourth-order valence-electron chi connectivity index (χ4n) is 2.34. The number of carbonyl (C=O) groups excluding carboxylic acids is 1. The summed E-state index contributed by atoms with van der Waals surface area (Å²) in [5, 5.41) is 0. The molecule has 1 saturated heterocycles. The lowest BCUT2D eigenvalue weighted by atomic mass is 10.1. The van der Waals surface area contributed by atoms with Gasteiger partial charge in [-0.1, -0.05) is 25.1 Å². The van der Waals surface area contributed by atoms with Crippen molar-refractivity contribution in [1.29, 1.82) is 0 Å². The maximum absolute atomic E-state index is 12.2. The van der Waals surface area contributed by atoms with Gasteiger partial charge in [0.15, 0.2) is 0 Å².